The summed E-state index contributed by atoms with van der Waals surface area (Å²) in [6, 6.07) is 0. The number of carboxylic acids is 1. The minimum Gasteiger partial charge on any atom is -0.481 e. The number of aliphatic hydroxyl groups is 2. The van der Waals surface area contributed by atoms with E-state index in [9.17, 15) is 15.0 Å². The molecule has 0 aromatic carbocycles. The van der Waals surface area contributed by atoms with Gasteiger partial charge in [0.05, 0.1) is 18.3 Å². The molecule has 3 N–H and O–H groups in total. The van der Waals surface area contributed by atoms with Crippen LogP contribution in [0.3, 0.4) is 0 Å². The maximum absolute atomic E-state index is 11.0. The van der Waals surface area contributed by atoms with Gasteiger partial charge in [0, 0.05) is 13.0 Å². The Labute approximate surface area is 181 Å². The average Bonchev–Trinajstić information content (AvgIpc) is 3.02. The van der Waals surface area contributed by atoms with Crippen LogP contribution in [0.1, 0.15) is 90.4 Å². The summed E-state index contributed by atoms with van der Waals surface area (Å²) >= 11 is 0. The van der Waals surface area contributed by atoms with Crippen molar-refractivity contribution >= 4 is 5.97 Å². The second-order valence-corrected chi connectivity index (χ2v) is 8.97. The van der Waals surface area contributed by atoms with Gasteiger partial charge in [0.15, 0.2) is 6.29 Å². The first-order valence-corrected chi connectivity index (χ1v) is 12.0. The summed E-state index contributed by atoms with van der Waals surface area (Å²) in [5, 5.41) is 29.9. The monoisotopic (exact) mass is 426 g/mol. The van der Waals surface area contributed by atoms with Crippen molar-refractivity contribution in [1.82, 2.24) is 0 Å². The predicted octanol–water partition coefficient (Wildman–Crippen LogP) is 4.43. The number of unbranched alkanes of at least 4 members (excludes halogenated alkanes) is 4. The number of hydrogen-bond donors (Lipinski definition) is 3. The van der Waals surface area contributed by atoms with E-state index in [4.69, 9.17) is 14.6 Å². The Kier molecular flexibility index (Phi) is 12.0. The molecule has 30 heavy (non-hydrogen) atoms. The summed E-state index contributed by atoms with van der Waals surface area (Å²) in [5.41, 5.74) is 0. The number of hydrogen-bond acceptors (Lipinski definition) is 5. The molecule has 0 spiro atoms. The Morgan fingerprint density at radius 3 is 2.70 bits per heavy atom. The number of allylic oxidation sites excluding steroid dienone is 1. The third-order valence-electron chi connectivity index (χ3n) is 6.45. The molecule has 6 unspecified atom stereocenters. The summed E-state index contributed by atoms with van der Waals surface area (Å²) in [4.78, 5) is 10.6. The van der Waals surface area contributed by atoms with Gasteiger partial charge in [-0.15, -0.1) is 0 Å². The van der Waals surface area contributed by atoms with E-state index < -0.39 is 18.2 Å². The molecular formula is C24H42O6. The molecule has 0 aromatic heterocycles. The molecular weight excluding hydrogens is 384 g/mol. The zero-order valence-electron chi connectivity index (χ0n) is 18.6. The first kappa shape index (κ1) is 25.3. The molecule has 174 valence electrons. The first-order valence-electron chi connectivity index (χ1n) is 12.0. The van der Waals surface area contributed by atoms with Crippen LogP contribution >= 0.6 is 0 Å². The summed E-state index contributed by atoms with van der Waals surface area (Å²) in [5.74, 6) is -0.449. The molecule has 0 radical (unpaired) electrons. The number of carbonyl (C=O) groups is 1. The molecule has 1 saturated heterocycles. The van der Waals surface area contributed by atoms with Gasteiger partial charge in [-0.2, -0.15) is 0 Å². The van der Waals surface area contributed by atoms with Crippen molar-refractivity contribution in [2.75, 3.05) is 6.61 Å². The molecule has 1 heterocycles. The number of rotatable bonds is 14. The Morgan fingerprint density at radius 1 is 1.20 bits per heavy atom. The minimum atomic E-state index is -0.738. The lowest BCUT2D eigenvalue weighted by molar-refractivity contribution is -0.203. The molecule has 2 aliphatic rings. The normalized spacial score (nSPS) is 30.7. The van der Waals surface area contributed by atoms with E-state index in [1.165, 1.54) is 0 Å². The summed E-state index contributed by atoms with van der Waals surface area (Å²) < 4.78 is 11.8. The van der Waals surface area contributed by atoms with Crippen LogP contribution in [0.25, 0.3) is 0 Å². The highest BCUT2D eigenvalue weighted by Gasteiger charge is 2.42. The van der Waals surface area contributed by atoms with Crippen LogP contribution in [0.15, 0.2) is 12.2 Å². The fraction of sp³-hybridized carbons (Fsp3) is 0.875. The Morgan fingerprint density at radius 2 is 2.00 bits per heavy atom. The van der Waals surface area contributed by atoms with Gasteiger partial charge in [0.25, 0.3) is 0 Å². The molecule has 6 heteroatoms. The van der Waals surface area contributed by atoms with Crippen LogP contribution in [0.2, 0.25) is 0 Å². The van der Waals surface area contributed by atoms with Crippen LogP contribution in [0.4, 0.5) is 0 Å². The largest absolute Gasteiger partial charge is 0.481 e. The fourth-order valence-corrected chi connectivity index (χ4v) is 4.66. The lowest BCUT2D eigenvalue weighted by Gasteiger charge is -2.28. The molecule has 2 fully saturated rings. The van der Waals surface area contributed by atoms with Gasteiger partial charge >= 0.3 is 5.97 Å². The lowest BCUT2D eigenvalue weighted by atomic mass is 9.88. The van der Waals surface area contributed by atoms with Gasteiger partial charge in [-0.1, -0.05) is 51.2 Å². The van der Waals surface area contributed by atoms with E-state index in [1.54, 1.807) is 0 Å². The Hall–Kier alpha value is -0.950. The first-order chi connectivity index (χ1) is 14.5. The van der Waals surface area contributed by atoms with Crippen LogP contribution in [-0.4, -0.2) is 52.5 Å². The standard InChI is InChI=1S/C24H42O6/c1-2-3-10-19(25)15-14-18-17-21(30-23-13-8-9-16-29-23)24(28)20(18)11-6-4-5-7-12-22(26)27/h14-15,18-21,23-25,28H,2-13,16-17H2,1H3,(H,26,27). The number of aliphatic hydroxyl groups excluding tert-OH is 2. The molecule has 0 aromatic rings. The van der Waals surface area contributed by atoms with Crippen LogP contribution in [-0.2, 0) is 14.3 Å². The van der Waals surface area contributed by atoms with Gasteiger partial charge in [-0.05, 0) is 56.8 Å². The van der Waals surface area contributed by atoms with Crippen molar-refractivity contribution in [3.05, 3.63) is 12.2 Å². The van der Waals surface area contributed by atoms with E-state index in [-0.39, 0.29) is 30.7 Å². The second-order valence-electron chi connectivity index (χ2n) is 8.97. The lowest BCUT2D eigenvalue weighted by Crippen LogP contribution is -2.34. The Bertz CT molecular complexity index is 502. The van der Waals surface area contributed by atoms with Crippen molar-refractivity contribution < 1.29 is 29.6 Å². The highest BCUT2D eigenvalue weighted by molar-refractivity contribution is 5.66. The number of ether oxygens (including phenoxy) is 2. The van der Waals surface area contributed by atoms with Gasteiger partial charge in [-0.3, -0.25) is 4.79 Å². The number of aliphatic carboxylic acids is 1. The van der Waals surface area contributed by atoms with Gasteiger partial charge in [0.2, 0.25) is 0 Å². The topological polar surface area (TPSA) is 96.2 Å². The molecule has 6 atom stereocenters. The molecule has 1 aliphatic heterocycles. The zero-order chi connectivity index (χ0) is 21.8. The molecule has 0 amide bonds. The van der Waals surface area contributed by atoms with Crippen LogP contribution in [0.5, 0.6) is 0 Å². The van der Waals surface area contributed by atoms with E-state index >= 15 is 0 Å². The minimum absolute atomic E-state index is 0.104. The van der Waals surface area contributed by atoms with E-state index in [2.05, 4.69) is 13.0 Å². The number of carboxylic acid groups (broad SMARTS) is 1. The maximum Gasteiger partial charge on any atom is 0.303 e. The third kappa shape index (κ3) is 9.04. The summed E-state index contributed by atoms with van der Waals surface area (Å²) in [6.07, 6.45) is 13.9. The summed E-state index contributed by atoms with van der Waals surface area (Å²) in [6.45, 7) is 2.84. The SMILES string of the molecule is CCCCC(O)C=CC1CC(OC2CCCCO2)C(O)C1CCCCCCC(=O)O. The van der Waals surface area contributed by atoms with E-state index in [0.717, 1.165) is 77.2 Å². The molecule has 1 aliphatic carbocycles. The second kappa shape index (κ2) is 14.2. The van der Waals surface area contributed by atoms with Crippen molar-refractivity contribution in [1.29, 1.82) is 0 Å². The van der Waals surface area contributed by atoms with Gasteiger partial charge in [-0.25, -0.2) is 0 Å². The van der Waals surface area contributed by atoms with Crippen molar-refractivity contribution in [3.63, 3.8) is 0 Å². The molecule has 0 bridgehead atoms. The maximum atomic E-state index is 11.0. The predicted molar refractivity (Wildman–Crippen MR) is 116 cm³/mol. The Balaban J connectivity index is 1.88. The third-order valence-corrected chi connectivity index (χ3v) is 6.45. The highest BCUT2D eigenvalue weighted by atomic mass is 16.7. The average molecular weight is 427 g/mol. The van der Waals surface area contributed by atoms with Gasteiger partial charge in [0.1, 0.15) is 0 Å². The zero-order valence-corrected chi connectivity index (χ0v) is 18.6. The highest BCUT2D eigenvalue weighted by Crippen LogP contribution is 2.39. The van der Waals surface area contributed by atoms with Crippen LogP contribution in [0, 0.1) is 11.8 Å². The van der Waals surface area contributed by atoms with Crippen molar-refractivity contribution in [2.24, 2.45) is 11.8 Å². The van der Waals surface area contributed by atoms with E-state index in [1.807, 2.05) is 6.08 Å². The van der Waals surface area contributed by atoms with E-state index in [0.29, 0.717) is 6.42 Å². The fourth-order valence-electron chi connectivity index (χ4n) is 4.66. The quantitative estimate of drug-likeness (QED) is 0.281. The molecule has 1 saturated carbocycles. The molecule has 6 nitrogen and oxygen atoms in total. The van der Waals surface area contributed by atoms with Gasteiger partial charge < -0.3 is 24.8 Å². The van der Waals surface area contributed by atoms with Crippen molar-refractivity contribution in [2.45, 2.75) is 115 Å². The smallest absolute Gasteiger partial charge is 0.303 e. The molecule has 2 rings (SSSR count). The van der Waals surface area contributed by atoms with Crippen LogP contribution < -0.4 is 0 Å². The van der Waals surface area contributed by atoms with Crippen molar-refractivity contribution in [3.8, 4) is 0 Å². The summed E-state index contributed by atoms with van der Waals surface area (Å²) in [7, 11) is 0.